The second-order valence-corrected chi connectivity index (χ2v) is 5.70. The normalized spacial score (nSPS) is 17.6. The molecule has 22 heavy (non-hydrogen) atoms. The maximum Gasteiger partial charge on any atom is 0.434 e. The fourth-order valence-corrected chi connectivity index (χ4v) is 2.93. The van der Waals surface area contributed by atoms with Crippen LogP contribution >= 0.6 is 23.7 Å². The molecule has 1 amide bonds. The molecular formula is C12H17ClF3N3O2S. The Morgan fingerprint density at radius 3 is 2.64 bits per heavy atom. The molecule has 1 fully saturated rings. The first-order valence-corrected chi connectivity index (χ1v) is 7.31. The van der Waals surface area contributed by atoms with Gasteiger partial charge in [0.1, 0.15) is 10.6 Å². The number of nitrogens with zero attached hydrogens (tertiary/aromatic N) is 1. The van der Waals surface area contributed by atoms with Crippen molar-refractivity contribution in [2.45, 2.75) is 31.2 Å². The molecule has 1 aliphatic heterocycles. The van der Waals surface area contributed by atoms with Crippen LogP contribution in [0.15, 0.2) is 5.38 Å². The first kappa shape index (κ1) is 19.1. The standard InChI is InChI=1S/C12H16F3N3O2S.ClH/c1-20-11(2-4-16-5-3-11)10(19)17-6-9-18-8(7-21-9)12(13,14)15;/h7,16H,2-6H2,1H3,(H,17,19);1H. The van der Waals surface area contributed by atoms with Gasteiger partial charge < -0.3 is 15.4 Å². The third-order valence-corrected chi connectivity index (χ3v) is 4.31. The summed E-state index contributed by atoms with van der Waals surface area (Å²) in [7, 11) is 1.47. The Labute approximate surface area is 136 Å². The SMILES string of the molecule is COC1(C(=O)NCc2nc(C(F)(F)F)cs2)CCNCC1.Cl. The molecule has 0 unspecified atom stereocenters. The third-order valence-electron chi connectivity index (χ3n) is 3.46. The van der Waals surface area contributed by atoms with Crippen LogP contribution in [-0.2, 0) is 22.3 Å². The summed E-state index contributed by atoms with van der Waals surface area (Å²) < 4.78 is 42.6. The van der Waals surface area contributed by atoms with E-state index in [0.717, 1.165) is 16.7 Å². The highest BCUT2D eigenvalue weighted by Crippen LogP contribution is 2.30. The number of aromatic nitrogens is 1. The van der Waals surface area contributed by atoms with Gasteiger partial charge in [-0.2, -0.15) is 13.2 Å². The van der Waals surface area contributed by atoms with Gasteiger partial charge in [0.25, 0.3) is 5.91 Å². The van der Waals surface area contributed by atoms with Gasteiger partial charge in [-0.3, -0.25) is 4.79 Å². The number of carbonyl (C=O) groups excluding carboxylic acids is 1. The number of halogens is 4. The van der Waals surface area contributed by atoms with Crippen LogP contribution in [0.3, 0.4) is 0 Å². The molecule has 0 atom stereocenters. The molecule has 126 valence electrons. The van der Waals surface area contributed by atoms with E-state index in [1.165, 1.54) is 7.11 Å². The zero-order valence-electron chi connectivity index (χ0n) is 11.8. The average molecular weight is 360 g/mol. The van der Waals surface area contributed by atoms with Crippen molar-refractivity contribution in [2.24, 2.45) is 0 Å². The Morgan fingerprint density at radius 1 is 1.50 bits per heavy atom. The van der Waals surface area contributed by atoms with Gasteiger partial charge in [-0.25, -0.2) is 4.98 Å². The average Bonchev–Trinajstić information content (AvgIpc) is 2.94. The minimum Gasteiger partial charge on any atom is -0.368 e. The molecule has 1 aromatic rings. The molecule has 10 heteroatoms. The van der Waals surface area contributed by atoms with Crippen LogP contribution in [0.4, 0.5) is 13.2 Å². The van der Waals surface area contributed by atoms with Crippen molar-refractivity contribution in [1.82, 2.24) is 15.6 Å². The van der Waals surface area contributed by atoms with Crippen molar-refractivity contribution >= 4 is 29.7 Å². The highest BCUT2D eigenvalue weighted by atomic mass is 35.5. The lowest BCUT2D eigenvalue weighted by Gasteiger charge is -2.34. The number of piperidine rings is 1. The van der Waals surface area contributed by atoms with Gasteiger partial charge in [-0.15, -0.1) is 23.7 Å². The van der Waals surface area contributed by atoms with E-state index in [0.29, 0.717) is 25.9 Å². The quantitative estimate of drug-likeness (QED) is 0.862. The van der Waals surface area contributed by atoms with Crippen molar-refractivity contribution in [3.05, 3.63) is 16.1 Å². The van der Waals surface area contributed by atoms with E-state index in [4.69, 9.17) is 4.74 Å². The van der Waals surface area contributed by atoms with Gasteiger partial charge in [0.05, 0.1) is 6.54 Å². The monoisotopic (exact) mass is 359 g/mol. The molecule has 1 aromatic heterocycles. The Hall–Kier alpha value is -0.900. The molecule has 2 N–H and O–H groups in total. The van der Waals surface area contributed by atoms with E-state index in [1.54, 1.807) is 0 Å². The van der Waals surface area contributed by atoms with Crippen molar-refractivity contribution in [3.8, 4) is 0 Å². The number of ether oxygens (including phenoxy) is 1. The smallest absolute Gasteiger partial charge is 0.368 e. The predicted molar refractivity (Wildman–Crippen MR) is 78.1 cm³/mol. The summed E-state index contributed by atoms with van der Waals surface area (Å²) in [6, 6.07) is 0. The van der Waals surface area contributed by atoms with Crippen molar-refractivity contribution in [2.75, 3.05) is 20.2 Å². The summed E-state index contributed by atoms with van der Waals surface area (Å²) in [5, 5.41) is 6.90. The maximum absolute atomic E-state index is 12.4. The summed E-state index contributed by atoms with van der Waals surface area (Å²) in [4.78, 5) is 15.7. The number of thiazole rings is 1. The summed E-state index contributed by atoms with van der Waals surface area (Å²) >= 11 is 0.873. The van der Waals surface area contributed by atoms with Crippen LogP contribution in [0.5, 0.6) is 0 Å². The van der Waals surface area contributed by atoms with Crippen LogP contribution in [0.25, 0.3) is 0 Å². The van der Waals surface area contributed by atoms with Gasteiger partial charge in [-0.1, -0.05) is 0 Å². The zero-order valence-corrected chi connectivity index (χ0v) is 13.5. The Kier molecular flexibility index (Phi) is 6.60. The Balaban J connectivity index is 0.00000242. The van der Waals surface area contributed by atoms with Crippen LogP contribution in [0.1, 0.15) is 23.5 Å². The lowest BCUT2D eigenvalue weighted by atomic mass is 9.91. The van der Waals surface area contributed by atoms with E-state index in [9.17, 15) is 18.0 Å². The number of amides is 1. The van der Waals surface area contributed by atoms with Crippen molar-refractivity contribution in [3.63, 3.8) is 0 Å². The molecule has 1 aliphatic rings. The number of hydrogen-bond donors (Lipinski definition) is 2. The van der Waals surface area contributed by atoms with Crippen molar-refractivity contribution < 1.29 is 22.7 Å². The zero-order chi connectivity index (χ0) is 15.5. The second-order valence-electron chi connectivity index (χ2n) is 4.76. The molecular weight excluding hydrogens is 343 g/mol. The van der Waals surface area contributed by atoms with E-state index >= 15 is 0 Å². The molecule has 0 aliphatic carbocycles. The summed E-state index contributed by atoms with van der Waals surface area (Å²) in [6.45, 7) is 1.30. The first-order chi connectivity index (χ1) is 9.87. The largest absolute Gasteiger partial charge is 0.434 e. The number of methoxy groups -OCH3 is 1. The number of carbonyl (C=O) groups is 1. The lowest BCUT2D eigenvalue weighted by molar-refractivity contribution is -0.146. The molecule has 0 aromatic carbocycles. The molecule has 5 nitrogen and oxygen atoms in total. The molecule has 1 saturated heterocycles. The van der Waals surface area contributed by atoms with Gasteiger partial charge in [0.15, 0.2) is 5.69 Å². The van der Waals surface area contributed by atoms with Gasteiger partial charge >= 0.3 is 6.18 Å². The van der Waals surface area contributed by atoms with Crippen LogP contribution in [0.2, 0.25) is 0 Å². The fraction of sp³-hybridized carbons (Fsp3) is 0.667. The molecule has 0 saturated carbocycles. The summed E-state index contributed by atoms with van der Waals surface area (Å²) in [5.74, 6) is -0.310. The molecule has 0 radical (unpaired) electrons. The van der Waals surface area contributed by atoms with Crippen molar-refractivity contribution in [1.29, 1.82) is 0 Å². The molecule has 2 heterocycles. The van der Waals surface area contributed by atoms with E-state index in [2.05, 4.69) is 15.6 Å². The van der Waals surface area contributed by atoms with Crippen LogP contribution < -0.4 is 10.6 Å². The highest BCUT2D eigenvalue weighted by molar-refractivity contribution is 7.09. The van der Waals surface area contributed by atoms with E-state index < -0.39 is 17.5 Å². The number of alkyl halides is 3. The molecule has 0 spiro atoms. The third kappa shape index (κ3) is 4.31. The predicted octanol–water partition coefficient (Wildman–Crippen LogP) is 1.97. The first-order valence-electron chi connectivity index (χ1n) is 6.43. The minimum absolute atomic E-state index is 0. The number of hydrogen-bond acceptors (Lipinski definition) is 5. The number of rotatable bonds is 4. The Morgan fingerprint density at radius 2 is 2.14 bits per heavy atom. The van der Waals surface area contributed by atoms with Crippen LogP contribution in [0, 0.1) is 0 Å². The fourth-order valence-electron chi connectivity index (χ4n) is 2.19. The van der Waals surface area contributed by atoms with Gasteiger partial charge in [0, 0.05) is 12.5 Å². The second kappa shape index (κ2) is 7.58. The van der Waals surface area contributed by atoms with Gasteiger partial charge in [-0.05, 0) is 25.9 Å². The summed E-state index contributed by atoms with van der Waals surface area (Å²) in [6.07, 6.45) is -3.40. The molecule has 2 rings (SSSR count). The lowest BCUT2D eigenvalue weighted by Crippen LogP contribution is -2.53. The van der Waals surface area contributed by atoms with E-state index in [-0.39, 0.29) is 29.9 Å². The molecule has 0 bridgehead atoms. The van der Waals surface area contributed by atoms with E-state index in [1.807, 2.05) is 0 Å². The Bertz CT molecular complexity index is 504. The minimum atomic E-state index is -4.46. The number of nitrogens with one attached hydrogen (secondary N) is 2. The van der Waals surface area contributed by atoms with Gasteiger partial charge in [0.2, 0.25) is 0 Å². The van der Waals surface area contributed by atoms with Crippen LogP contribution in [-0.4, -0.2) is 36.7 Å². The highest BCUT2D eigenvalue weighted by Gasteiger charge is 2.39. The summed E-state index contributed by atoms with van der Waals surface area (Å²) in [5.41, 5.74) is -1.84. The topological polar surface area (TPSA) is 63.2 Å². The maximum atomic E-state index is 12.4.